The van der Waals surface area contributed by atoms with Crippen molar-refractivity contribution in [3.63, 3.8) is 0 Å². The van der Waals surface area contributed by atoms with Crippen molar-refractivity contribution >= 4 is 11.4 Å². The molecule has 2 rings (SSSR count). The van der Waals surface area contributed by atoms with E-state index in [0.717, 1.165) is 23.5 Å². The molecule has 0 aliphatic heterocycles. The number of para-hydroxylation sites is 1. The van der Waals surface area contributed by atoms with Crippen LogP contribution in [0.5, 0.6) is 0 Å². The first kappa shape index (κ1) is 11.6. The van der Waals surface area contributed by atoms with Gasteiger partial charge in [-0.3, -0.25) is 4.98 Å². The number of aliphatic hydroxyl groups is 1. The number of pyridine rings is 1. The fourth-order valence-electron chi connectivity index (χ4n) is 1.89. The Morgan fingerprint density at radius 1 is 1.18 bits per heavy atom. The van der Waals surface area contributed by atoms with Gasteiger partial charge < -0.3 is 10.0 Å². The van der Waals surface area contributed by atoms with Crippen LogP contribution >= 0.6 is 0 Å². The Labute approximate surface area is 101 Å². The van der Waals surface area contributed by atoms with Crippen LogP contribution in [-0.2, 0) is 6.61 Å². The van der Waals surface area contributed by atoms with Gasteiger partial charge in [-0.25, -0.2) is 0 Å². The zero-order chi connectivity index (χ0) is 12.1. The van der Waals surface area contributed by atoms with Crippen LogP contribution in [0.3, 0.4) is 0 Å². The van der Waals surface area contributed by atoms with Gasteiger partial charge >= 0.3 is 0 Å². The third-order valence-corrected chi connectivity index (χ3v) is 2.73. The van der Waals surface area contributed by atoms with Gasteiger partial charge in [0.2, 0.25) is 0 Å². The Hall–Kier alpha value is -1.87. The van der Waals surface area contributed by atoms with Gasteiger partial charge in [-0.2, -0.15) is 0 Å². The molecule has 0 radical (unpaired) electrons. The van der Waals surface area contributed by atoms with Crippen LogP contribution < -0.4 is 4.90 Å². The average molecular weight is 228 g/mol. The highest BCUT2D eigenvalue weighted by molar-refractivity contribution is 5.65. The number of hydrogen-bond donors (Lipinski definition) is 1. The number of hydrogen-bond acceptors (Lipinski definition) is 3. The summed E-state index contributed by atoms with van der Waals surface area (Å²) < 4.78 is 0. The van der Waals surface area contributed by atoms with Crippen LogP contribution in [0.4, 0.5) is 11.4 Å². The second kappa shape index (κ2) is 5.46. The Balaban J connectivity index is 2.42. The van der Waals surface area contributed by atoms with Crippen LogP contribution in [0.25, 0.3) is 0 Å². The van der Waals surface area contributed by atoms with Gasteiger partial charge in [0.25, 0.3) is 0 Å². The van der Waals surface area contributed by atoms with Crippen molar-refractivity contribution in [2.75, 3.05) is 11.4 Å². The molecule has 0 bridgehead atoms. The van der Waals surface area contributed by atoms with Crippen molar-refractivity contribution in [2.24, 2.45) is 0 Å². The maximum absolute atomic E-state index is 9.36. The van der Waals surface area contributed by atoms with E-state index in [0.29, 0.717) is 0 Å². The van der Waals surface area contributed by atoms with Crippen molar-refractivity contribution in [3.05, 3.63) is 54.4 Å². The minimum atomic E-state index is 0.0290. The Morgan fingerprint density at radius 2 is 1.94 bits per heavy atom. The van der Waals surface area contributed by atoms with Crippen molar-refractivity contribution < 1.29 is 5.11 Å². The lowest BCUT2D eigenvalue weighted by molar-refractivity contribution is 0.282. The molecule has 1 aromatic carbocycles. The molecule has 0 saturated carbocycles. The molecule has 3 heteroatoms. The molecule has 0 aliphatic carbocycles. The van der Waals surface area contributed by atoms with E-state index in [-0.39, 0.29) is 6.61 Å². The van der Waals surface area contributed by atoms with Gasteiger partial charge in [0.15, 0.2) is 0 Å². The summed E-state index contributed by atoms with van der Waals surface area (Å²) in [5.41, 5.74) is 2.96. The first-order valence-electron chi connectivity index (χ1n) is 5.73. The molecule has 1 heterocycles. The molecule has 0 fully saturated rings. The predicted molar refractivity (Wildman–Crippen MR) is 69.3 cm³/mol. The maximum Gasteiger partial charge on any atom is 0.0703 e. The van der Waals surface area contributed by atoms with Crippen LogP contribution in [0.1, 0.15) is 12.5 Å². The molecule has 3 nitrogen and oxygen atoms in total. The molecule has 17 heavy (non-hydrogen) atoms. The van der Waals surface area contributed by atoms with E-state index in [1.54, 1.807) is 12.4 Å². The minimum absolute atomic E-state index is 0.0290. The molecule has 0 saturated heterocycles. The molecule has 0 unspecified atom stereocenters. The van der Waals surface area contributed by atoms with E-state index in [1.165, 1.54) is 0 Å². The molecule has 0 amide bonds. The SMILES string of the molecule is CCN(c1ccccc1)c1cnccc1CO. The zero-order valence-electron chi connectivity index (χ0n) is 9.87. The largest absolute Gasteiger partial charge is 0.392 e. The van der Waals surface area contributed by atoms with E-state index >= 15 is 0 Å². The predicted octanol–water partition coefficient (Wildman–Crippen LogP) is 2.73. The summed E-state index contributed by atoms with van der Waals surface area (Å²) in [6, 6.07) is 12.0. The lowest BCUT2D eigenvalue weighted by Gasteiger charge is -2.24. The molecule has 1 aromatic heterocycles. The monoisotopic (exact) mass is 228 g/mol. The number of anilines is 2. The van der Waals surface area contributed by atoms with Crippen molar-refractivity contribution in [3.8, 4) is 0 Å². The molecule has 1 N–H and O–H groups in total. The van der Waals surface area contributed by atoms with E-state index in [1.807, 2.05) is 24.3 Å². The number of benzene rings is 1. The molecule has 2 aromatic rings. The molecule has 0 aliphatic rings. The zero-order valence-corrected chi connectivity index (χ0v) is 9.87. The van der Waals surface area contributed by atoms with E-state index in [4.69, 9.17) is 0 Å². The van der Waals surface area contributed by atoms with Gasteiger partial charge in [0, 0.05) is 24.0 Å². The quantitative estimate of drug-likeness (QED) is 0.874. The smallest absolute Gasteiger partial charge is 0.0703 e. The Morgan fingerprint density at radius 3 is 2.59 bits per heavy atom. The number of rotatable bonds is 4. The van der Waals surface area contributed by atoms with Gasteiger partial charge in [0.1, 0.15) is 0 Å². The van der Waals surface area contributed by atoms with Crippen LogP contribution in [-0.4, -0.2) is 16.6 Å². The van der Waals surface area contributed by atoms with Gasteiger partial charge in [-0.15, -0.1) is 0 Å². The summed E-state index contributed by atoms with van der Waals surface area (Å²) in [4.78, 5) is 6.27. The lowest BCUT2D eigenvalue weighted by Crippen LogP contribution is -2.17. The normalized spacial score (nSPS) is 10.2. The third-order valence-electron chi connectivity index (χ3n) is 2.73. The lowest BCUT2D eigenvalue weighted by atomic mass is 10.2. The Bertz CT molecular complexity index is 471. The highest BCUT2D eigenvalue weighted by Crippen LogP contribution is 2.27. The molecule has 0 spiro atoms. The molecular weight excluding hydrogens is 212 g/mol. The van der Waals surface area contributed by atoms with Crippen molar-refractivity contribution in [1.29, 1.82) is 0 Å². The summed E-state index contributed by atoms with van der Waals surface area (Å²) in [6.07, 6.45) is 3.50. The topological polar surface area (TPSA) is 36.4 Å². The highest BCUT2D eigenvalue weighted by atomic mass is 16.3. The molecule has 88 valence electrons. The van der Waals surface area contributed by atoms with Crippen molar-refractivity contribution in [1.82, 2.24) is 4.98 Å². The maximum atomic E-state index is 9.36. The van der Waals surface area contributed by atoms with E-state index in [9.17, 15) is 5.11 Å². The van der Waals surface area contributed by atoms with E-state index in [2.05, 4.69) is 28.9 Å². The standard InChI is InChI=1S/C14H16N2O/c1-2-16(13-6-4-3-5-7-13)14-10-15-9-8-12(14)11-17/h3-10,17H,2,11H2,1H3. The molecular formula is C14H16N2O. The fourth-order valence-corrected chi connectivity index (χ4v) is 1.89. The second-order valence-electron chi connectivity index (χ2n) is 3.74. The van der Waals surface area contributed by atoms with E-state index < -0.39 is 0 Å². The minimum Gasteiger partial charge on any atom is -0.392 e. The highest BCUT2D eigenvalue weighted by Gasteiger charge is 2.10. The number of aliphatic hydroxyl groups excluding tert-OH is 1. The van der Waals surface area contributed by atoms with Crippen LogP contribution in [0.15, 0.2) is 48.8 Å². The summed E-state index contributed by atoms with van der Waals surface area (Å²) >= 11 is 0. The summed E-state index contributed by atoms with van der Waals surface area (Å²) in [5, 5.41) is 9.36. The third kappa shape index (κ3) is 2.45. The molecule has 0 atom stereocenters. The first-order valence-corrected chi connectivity index (χ1v) is 5.73. The van der Waals surface area contributed by atoms with Crippen LogP contribution in [0, 0.1) is 0 Å². The summed E-state index contributed by atoms with van der Waals surface area (Å²) in [6.45, 7) is 2.95. The van der Waals surface area contributed by atoms with Crippen LogP contribution in [0.2, 0.25) is 0 Å². The fraction of sp³-hybridized carbons (Fsp3) is 0.214. The van der Waals surface area contributed by atoms with Gasteiger partial charge in [-0.05, 0) is 25.1 Å². The average Bonchev–Trinajstić information content (AvgIpc) is 2.41. The Kier molecular flexibility index (Phi) is 3.73. The van der Waals surface area contributed by atoms with Crippen molar-refractivity contribution in [2.45, 2.75) is 13.5 Å². The summed E-state index contributed by atoms with van der Waals surface area (Å²) in [5.74, 6) is 0. The van der Waals surface area contributed by atoms with Gasteiger partial charge in [0.05, 0.1) is 18.5 Å². The second-order valence-corrected chi connectivity index (χ2v) is 3.74. The van der Waals surface area contributed by atoms with Gasteiger partial charge in [-0.1, -0.05) is 18.2 Å². The summed E-state index contributed by atoms with van der Waals surface area (Å²) in [7, 11) is 0. The number of aromatic nitrogens is 1. The number of nitrogens with zero attached hydrogens (tertiary/aromatic N) is 2. The first-order chi connectivity index (χ1) is 8.36.